The first-order valence-corrected chi connectivity index (χ1v) is 16.6. The molecule has 4 aromatic rings. The maximum Gasteiger partial charge on any atom is 0.209 e. The molecule has 0 saturated carbocycles. The smallest absolute Gasteiger partial charge is 0.209 e. The molecule has 2 aliphatic heterocycles. The molecule has 45 heavy (non-hydrogen) atoms. The highest BCUT2D eigenvalue weighted by atomic mass is 15.2. The van der Waals surface area contributed by atoms with E-state index in [9.17, 15) is 0 Å². The molecule has 2 nitrogen and oxygen atoms in total. The Morgan fingerprint density at radius 3 is 1.91 bits per heavy atom. The molecule has 0 aliphatic carbocycles. The third kappa shape index (κ3) is 6.38. The predicted octanol–water partition coefficient (Wildman–Crippen LogP) is 10.1. The lowest BCUT2D eigenvalue weighted by atomic mass is 9.81. The number of hydrogen-bond donors (Lipinski definition) is 0. The summed E-state index contributed by atoms with van der Waals surface area (Å²) in [5, 5.41) is 0. The van der Waals surface area contributed by atoms with Gasteiger partial charge >= 0.3 is 0 Å². The fourth-order valence-corrected chi connectivity index (χ4v) is 7.29. The third-order valence-electron chi connectivity index (χ3n) is 9.71. The summed E-state index contributed by atoms with van der Waals surface area (Å²) in [5.41, 5.74) is 11.0. The molecular weight excluding hydrogens is 544 g/mol. The average molecular weight is 592 g/mol. The van der Waals surface area contributed by atoms with Crippen LogP contribution < -0.4 is 4.90 Å². The number of hydrogen-bond acceptors (Lipinski definition) is 1. The molecule has 0 spiro atoms. The molecule has 0 atom stereocenters. The summed E-state index contributed by atoms with van der Waals surface area (Å²) >= 11 is 0. The number of nitrogens with zero attached hydrogens (tertiary/aromatic N) is 2. The molecule has 0 saturated heterocycles. The van der Waals surface area contributed by atoms with Crippen molar-refractivity contribution in [3.8, 4) is 0 Å². The monoisotopic (exact) mass is 591 g/mol. The van der Waals surface area contributed by atoms with Crippen molar-refractivity contribution in [1.82, 2.24) is 0 Å². The Labute approximate surface area is 270 Å². The highest BCUT2D eigenvalue weighted by Crippen LogP contribution is 2.47. The number of aryl methyl sites for hydroxylation is 2. The van der Waals surface area contributed by atoms with Gasteiger partial charge in [0.15, 0.2) is 5.71 Å². The van der Waals surface area contributed by atoms with Gasteiger partial charge in [0, 0.05) is 47.5 Å². The van der Waals surface area contributed by atoms with E-state index in [1.54, 1.807) is 0 Å². The van der Waals surface area contributed by atoms with E-state index in [4.69, 9.17) is 0 Å². The second-order valence-electron chi connectivity index (χ2n) is 13.4. The molecule has 2 heteroatoms. The highest BCUT2D eigenvalue weighted by Gasteiger charge is 2.44. The van der Waals surface area contributed by atoms with E-state index in [1.165, 1.54) is 45.0 Å². The maximum atomic E-state index is 2.55. The second kappa shape index (κ2) is 13.3. The minimum Gasteiger partial charge on any atom is -0.344 e. The van der Waals surface area contributed by atoms with Crippen LogP contribution in [0.5, 0.6) is 0 Å². The Morgan fingerprint density at radius 1 is 0.600 bits per heavy atom. The molecule has 2 aliphatic rings. The van der Waals surface area contributed by atoms with Crippen LogP contribution in [0.25, 0.3) is 0 Å². The molecule has 0 bridgehead atoms. The van der Waals surface area contributed by atoms with Crippen molar-refractivity contribution in [3.05, 3.63) is 168 Å². The van der Waals surface area contributed by atoms with Crippen molar-refractivity contribution in [3.63, 3.8) is 0 Å². The van der Waals surface area contributed by atoms with E-state index in [0.717, 1.165) is 38.8 Å². The van der Waals surface area contributed by atoms with Crippen LogP contribution in [-0.2, 0) is 23.7 Å². The summed E-state index contributed by atoms with van der Waals surface area (Å²) in [6.45, 7) is 11.5. The summed E-state index contributed by atoms with van der Waals surface area (Å²) in [4.78, 5) is 2.55. The first-order valence-electron chi connectivity index (χ1n) is 16.6. The van der Waals surface area contributed by atoms with Gasteiger partial charge in [0.2, 0.25) is 5.69 Å². The van der Waals surface area contributed by atoms with E-state index in [-0.39, 0.29) is 10.8 Å². The molecule has 0 fully saturated rings. The molecule has 0 N–H and O–H groups in total. The van der Waals surface area contributed by atoms with Crippen molar-refractivity contribution < 1.29 is 4.58 Å². The normalized spacial score (nSPS) is 17.5. The molecule has 0 unspecified atom stereocenters. The van der Waals surface area contributed by atoms with Gasteiger partial charge in [-0.05, 0) is 61.9 Å². The summed E-state index contributed by atoms with van der Waals surface area (Å²) in [6, 6.07) is 39.6. The number of rotatable bonds is 11. The topological polar surface area (TPSA) is 6.25 Å². The minimum atomic E-state index is -0.0449. The fraction of sp³-hybridized carbons (Fsp3) is 0.279. The Morgan fingerprint density at radius 2 is 1.20 bits per heavy atom. The minimum absolute atomic E-state index is 0.0449. The van der Waals surface area contributed by atoms with Crippen LogP contribution in [0, 0.1) is 0 Å². The quantitative estimate of drug-likeness (QED) is 0.124. The predicted molar refractivity (Wildman–Crippen MR) is 192 cm³/mol. The van der Waals surface area contributed by atoms with E-state index >= 15 is 0 Å². The van der Waals surface area contributed by atoms with Crippen LogP contribution in [0.4, 0.5) is 11.4 Å². The lowest BCUT2D eigenvalue weighted by Crippen LogP contribution is -2.28. The van der Waals surface area contributed by atoms with Crippen molar-refractivity contribution in [2.24, 2.45) is 0 Å². The largest absolute Gasteiger partial charge is 0.344 e. The first kappa shape index (κ1) is 30.6. The summed E-state index contributed by atoms with van der Waals surface area (Å²) in [6.07, 6.45) is 15.8. The lowest BCUT2D eigenvalue weighted by molar-refractivity contribution is -0.438. The number of allylic oxidation sites excluding steroid dienone is 6. The van der Waals surface area contributed by atoms with Crippen LogP contribution in [-0.4, -0.2) is 23.4 Å². The van der Waals surface area contributed by atoms with Crippen LogP contribution in [0.3, 0.4) is 0 Å². The Balaban J connectivity index is 1.22. The van der Waals surface area contributed by atoms with E-state index in [2.05, 4.69) is 177 Å². The van der Waals surface area contributed by atoms with Gasteiger partial charge in [0.25, 0.3) is 0 Å². The van der Waals surface area contributed by atoms with Crippen LogP contribution in [0.2, 0.25) is 0 Å². The SMILES string of the molecule is CC1(C)C(/C=C/C=C/C=C2/N(CCCc3ccccc3)c3ccccc3C2(C)C)=[N+](CCCc2ccccc2)c2ccccc21. The molecule has 0 radical (unpaired) electrons. The van der Waals surface area contributed by atoms with Gasteiger partial charge in [-0.3, -0.25) is 0 Å². The van der Waals surface area contributed by atoms with E-state index < -0.39 is 0 Å². The number of para-hydroxylation sites is 2. The van der Waals surface area contributed by atoms with Crippen molar-refractivity contribution >= 4 is 17.1 Å². The Hall–Kier alpha value is -4.43. The fourth-order valence-electron chi connectivity index (χ4n) is 7.29. The third-order valence-corrected chi connectivity index (χ3v) is 9.71. The van der Waals surface area contributed by atoms with E-state index in [1.807, 2.05) is 0 Å². The maximum absolute atomic E-state index is 2.55. The van der Waals surface area contributed by atoms with Crippen molar-refractivity contribution in [1.29, 1.82) is 0 Å². The molecule has 4 aromatic carbocycles. The Bertz CT molecular complexity index is 1740. The zero-order chi connectivity index (χ0) is 31.3. The van der Waals surface area contributed by atoms with Gasteiger partial charge in [-0.2, -0.15) is 4.58 Å². The van der Waals surface area contributed by atoms with Crippen molar-refractivity contribution in [2.75, 3.05) is 18.0 Å². The molecule has 0 aromatic heterocycles. The molecule has 6 rings (SSSR count). The summed E-state index contributed by atoms with van der Waals surface area (Å²) in [5.74, 6) is 0. The second-order valence-corrected chi connectivity index (χ2v) is 13.4. The molecule has 2 heterocycles. The standard InChI is InChI=1S/C43H47N2/c1-42(2)36-26-14-16-28-38(36)44(32-18-24-34-20-8-5-9-21-34)40(42)30-12-7-13-31-41-43(3,4)37-27-15-17-29-39(37)45(41)33-19-25-35-22-10-6-11-23-35/h5-17,20-23,26-31H,18-19,24-25,32-33H2,1-4H3/q+1. The van der Waals surface area contributed by atoms with Crippen LogP contribution >= 0.6 is 0 Å². The van der Waals surface area contributed by atoms with Crippen LogP contribution in [0.15, 0.2) is 145 Å². The van der Waals surface area contributed by atoms with Gasteiger partial charge in [-0.25, -0.2) is 0 Å². The van der Waals surface area contributed by atoms with Gasteiger partial charge in [0.05, 0.1) is 5.41 Å². The van der Waals surface area contributed by atoms with Crippen LogP contribution in [0.1, 0.15) is 62.8 Å². The highest BCUT2D eigenvalue weighted by molar-refractivity contribution is 6.03. The number of fused-ring (bicyclic) bond motifs is 2. The molecular formula is C43H47N2+. The number of anilines is 1. The van der Waals surface area contributed by atoms with Gasteiger partial charge < -0.3 is 4.90 Å². The lowest BCUT2D eigenvalue weighted by Gasteiger charge is -2.27. The zero-order valence-corrected chi connectivity index (χ0v) is 27.4. The summed E-state index contributed by atoms with van der Waals surface area (Å²) < 4.78 is 2.55. The average Bonchev–Trinajstić information content (AvgIpc) is 3.41. The zero-order valence-electron chi connectivity index (χ0n) is 27.4. The van der Waals surface area contributed by atoms with Gasteiger partial charge in [-0.15, -0.1) is 0 Å². The first-order chi connectivity index (χ1) is 21.9. The molecule has 0 amide bonds. The number of benzene rings is 4. The van der Waals surface area contributed by atoms with Gasteiger partial charge in [-0.1, -0.05) is 129 Å². The van der Waals surface area contributed by atoms with Gasteiger partial charge in [0.1, 0.15) is 6.54 Å². The van der Waals surface area contributed by atoms with Crippen molar-refractivity contribution in [2.45, 2.75) is 64.2 Å². The molecule has 228 valence electrons. The van der Waals surface area contributed by atoms with E-state index in [0.29, 0.717) is 0 Å². The Kier molecular flexibility index (Phi) is 9.03. The summed E-state index contributed by atoms with van der Waals surface area (Å²) in [7, 11) is 0.